The summed E-state index contributed by atoms with van der Waals surface area (Å²) in [5.41, 5.74) is 0.385. The molecular formula is C18H19F2N3O2. The number of benzene rings is 1. The van der Waals surface area contributed by atoms with Crippen LogP contribution in [0.2, 0.25) is 0 Å². The number of urea groups is 1. The Hall–Kier alpha value is -2.54. The highest BCUT2D eigenvalue weighted by molar-refractivity contribution is 5.89. The standard InChI is InChI=1S/C18H19F2N3O2/c19-14-4-1-5-15(20)17(14)23-18(24)22-16(12-6-9-25-10-7-12)13-3-2-8-21-11-13/h1-5,8,11-12,16H,6-7,9-10H2,(H2,22,23,24)/t16-/m1/s1. The number of hydrogen-bond acceptors (Lipinski definition) is 3. The molecule has 1 aromatic carbocycles. The Morgan fingerprint density at radius 3 is 2.52 bits per heavy atom. The smallest absolute Gasteiger partial charge is 0.319 e. The highest BCUT2D eigenvalue weighted by Crippen LogP contribution is 2.30. The monoisotopic (exact) mass is 347 g/mol. The molecule has 2 aromatic rings. The first-order chi connectivity index (χ1) is 12.1. The van der Waals surface area contributed by atoms with Gasteiger partial charge in [-0.2, -0.15) is 0 Å². The molecule has 3 rings (SSSR count). The van der Waals surface area contributed by atoms with Crippen molar-refractivity contribution in [2.45, 2.75) is 18.9 Å². The highest BCUT2D eigenvalue weighted by Gasteiger charge is 2.27. The second kappa shape index (κ2) is 8.02. The number of carbonyl (C=O) groups is 1. The number of hydrogen-bond donors (Lipinski definition) is 2. The summed E-state index contributed by atoms with van der Waals surface area (Å²) in [6.07, 6.45) is 4.91. The van der Waals surface area contributed by atoms with Crippen LogP contribution in [0.3, 0.4) is 0 Å². The molecule has 0 aliphatic carbocycles. The number of carbonyl (C=O) groups excluding carboxylic acids is 1. The van der Waals surface area contributed by atoms with Gasteiger partial charge in [-0.3, -0.25) is 4.98 Å². The van der Waals surface area contributed by atoms with Crippen molar-refractivity contribution < 1.29 is 18.3 Å². The lowest BCUT2D eigenvalue weighted by molar-refractivity contribution is 0.0550. The molecule has 1 aliphatic heterocycles. The van der Waals surface area contributed by atoms with Crippen molar-refractivity contribution in [2.24, 2.45) is 5.92 Å². The number of ether oxygens (including phenoxy) is 1. The minimum absolute atomic E-state index is 0.161. The second-order valence-electron chi connectivity index (χ2n) is 5.91. The van der Waals surface area contributed by atoms with Gasteiger partial charge < -0.3 is 15.4 Å². The van der Waals surface area contributed by atoms with Gasteiger partial charge in [0.1, 0.15) is 17.3 Å². The maximum Gasteiger partial charge on any atom is 0.319 e. The quantitative estimate of drug-likeness (QED) is 0.887. The third kappa shape index (κ3) is 4.30. The third-order valence-corrected chi connectivity index (χ3v) is 4.27. The van der Waals surface area contributed by atoms with Crippen LogP contribution in [0.15, 0.2) is 42.7 Å². The molecule has 2 heterocycles. The molecule has 25 heavy (non-hydrogen) atoms. The summed E-state index contributed by atoms with van der Waals surface area (Å²) in [7, 11) is 0. The van der Waals surface area contributed by atoms with Gasteiger partial charge in [-0.15, -0.1) is 0 Å². The van der Waals surface area contributed by atoms with E-state index < -0.39 is 23.4 Å². The molecule has 1 fully saturated rings. The molecule has 1 saturated heterocycles. The van der Waals surface area contributed by atoms with E-state index in [9.17, 15) is 13.6 Å². The second-order valence-corrected chi connectivity index (χ2v) is 5.91. The normalized spacial score (nSPS) is 16.2. The van der Waals surface area contributed by atoms with Crippen molar-refractivity contribution in [3.63, 3.8) is 0 Å². The fraction of sp³-hybridized carbons (Fsp3) is 0.333. The molecule has 2 N–H and O–H groups in total. The maximum absolute atomic E-state index is 13.7. The van der Waals surface area contributed by atoms with Gasteiger partial charge in [0.25, 0.3) is 0 Å². The van der Waals surface area contributed by atoms with Gasteiger partial charge in [-0.05, 0) is 42.5 Å². The van der Waals surface area contributed by atoms with Crippen LogP contribution in [0, 0.1) is 17.6 Å². The summed E-state index contributed by atoms with van der Waals surface area (Å²) < 4.78 is 32.8. The molecule has 0 unspecified atom stereocenters. The van der Waals surface area contributed by atoms with Crippen LogP contribution in [-0.2, 0) is 4.74 Å². The molecule has 0 spiro atoms. The van der Waals surface area contributed by atoms with Crippen LogP contribution in [0.4, 0.5) is 19.3 Å². The van der Waals surface area contributed by atoms with E-state index in [-0.39, 0.29) is 12.0 Å². The predicted octanol–water partition coefficient (Wildman–Crippen LogP) is 3.65. The van der Waals surface area contributed by atoms with Crippen LogP contribution < -0.4 is 10.6 Å². The lowest BCUT2D eigenvalue weighted by Crippen LogP contribution is -2.38. The van der Waals surface area contributed by atoms with E-state index in [4.69, 9.17) is 4.74 Å². The summed E-state index contributed by atoms with van der Waals surface area (Å²) in [6, 6.07) is 6.12. The topological polar surface area (TPSA) is 63.2 Å². The molecule has 0 bridgehead atoms. The Bertz CT molecular complexity index is 701. The zero-order chi connectivity index (χ0) is 17.6. The first-order valence-corrected chi connectivity index (χ1v) is 8.14. The first kappa shape index (κ1) is 17.3. The molecule has 1 aromatic heterocycles. The molecule has 0 radical (unpaired) electrons. The molecule has 0 saturated carbocycles. The van der Waals surface area contributed by atoms with E-state index in [0.717, 1.165) is 30.5 Å². The molecule has 132 valence electrons. The van der Waals surface area contributed by atoms with Crippen molar-refractivity contribution in [1.82, 2.24) is 10.3 Å². The number of pyridine rings is 1. The van der Waals surface area contributed by atoms with E-state index in [0.29, 0.717) is 13.2 Å². The Labute approximate surface area is 144 Å². The average molecular weight is 347 g/mol. The number of nitrogens with zero attached hydrogens (tertiary/aromatic N) is 1. The minimum atomic E-state index is -0.820. The van der Waals surface area contributed by atoms with E-state index >= 15 is 0 Å². The SMILES string of the molecule is O=C(Nc1c(F)cccc1F)N[C@@H](c1cccnc1)C1CCOCC1. The zero-order valence-electron chi connectivity index (χ0n) is 13.5. The molecular weight excluding hydrogens is 328 g/mol. The van der Waals surface area contributed by atoms with Crippen LogP contribution in [0.1, 0.15) is 24.4 Å². The molecule has 5 nitrogen and oxygen atoms in total. The van der Waals surface area contributed by atoms with Crippen LogP contribution in [-0.4, -0.2) is 24.2 Å². The highest BCUT2D eigenvalue weighted by atomic mass is 19.1. The third-order valence-electron chi connectivity index (χ3n) is 4.27. The van der Waals surface area contributed by atoms with Gasteiger partial charge >= 0.3 is 6.03 Å². The van der Waals surface area contributed by atoms with Crippen LogP contribution >= 0.6 is 0 Å². The van der Waals surface area contributed by atoms with Crippen LogP contribution in [0.5, 0.6) is 0 Å². The minimum Gasteiger partial charge on any atom is -0.381 e. The summed E-state index contributed by atoms with van der Waals surface area (Å²) in [5.74, 6) is -1.48. The number of anilines is 1. The number of nitrogens with one attached hydrogen (secondary N) is 2. The summed E-state index contributed by atoms with van der Waals surface area (Å²) in [5, 5.41) is 5.09. The molecule has 1 aliphatic rings. The number of amides is 2. The van der Waals surface area contributed by atoms with Crippen molar-refractivity contribution >= 4 is 11.7 Å². The van der Waals surface area contributed by atoms with Crippen molar-refractivity contribution in [3.05, 3.63) is 59.9 Å². The van der Waals surface area contributed by atoms with Gasteiger partial charge in [0.05, 0.1) is 6.04 Å². The predicted molar refractivity (Wildman–Crippen MR) is 89.0 cm³/mol. The summed E-state index contributed by atoms with van der Waals surface area (Å²) >= 11 is 0. The first-order valence-electron chi connectivity index (χ1n) is 8.14. The lowest BCUT2D eigenvalue weighted by Gasteiger charge is -2.31. The fourth-order valence-corrected chi connectivity index (χ4v) is 2.99. The summed E-state index contributed by atoms with van der Waals surface area (Å²) in [6.45, 7) is 1.24. The molecule has 2 amide bonds. The van der Waals surface area contributed by atoms with E-state index in [2.05, 4.69) is 15.6 Å². The number of halogens is 2. The Morgan fingerprint density at radius 1 is 1.16 bits per heavy atom. The van der Waals surface area contributed by atoms with Crippen LogP contribution in [0.25, 0.3) is 0 Å². The van der Waals surface area contributed by atoms with Gasteiger partial charge in [0.2, 0.25) is 0 Å². The van der Waals surface area contributed by atoms with Crippen molar-refractivity contribution in [1.29, 1.82) is 0 Å². The largest absolute Gasteiger partial charge is 0.381 e. The van der Waals surface area contributed by atoms with Gasteiger partial charge in [0.15, 0.2) is 0 Å². The molecule has 1 atom stereocenters. The Balaban J connectivity index is 1.76. The summed E-state index contributed by atoms with van der Waals surface area (Å²) in [4.78, 5) is 16.4. The van der Waals surface area contributed by atoms with Gasteiger partial charge in [-0.25, -0.2) is 13.6 Å². The van der Waals surface area contributed by atoms with Crippen molar-refractivity contribution in [2.75, 3.05) is 18.5 Å². The Morgan fingerprint density at radius 2 is 1.88 bits per heavy atom. The van der Waals surface area contributed by atoms with Gasteiger partial charge in [-0.1, -0.05) is 12.1 Å². The number of rotatable bonds is 4. The van der Waals surface area contributed by atoms with Gasteiger partial charge in [0, 0.05) is 25.6 Å². The Kier molecular flexibility index (Phi) is 5.55. The van der Waals surface area contributed by atoms with E-state index in [1.165, 1.54) is 6.07 Å². The van der Waals surface area contributed by atoms with E-state index in [1.807, 2.05) is 6.07 Å². The van der Waals surface area contributed by atoms with E-state index in [1.54, 1.807) is 18.5 Å². The number of aromatic nitrogens is 1. The zero-order valence-corrected chi connectivity index (χ0v) is 13.5. The molecule has 7 heteroatoms. The lowest BCUT2D eigenvalue weighted by atomic mass is 9.88. The fourth-order valence-electron chi connectivity index (χ4n) is 2.99. The van der Waals surface area contributed by atoms with Crippen molar-refractivity contribution in [3.8, 4) is 0 Å². The average Bonchev–Trinajstić information content (AvgIpc) is 2.64. The number of para-hydroxylation sites is 1. The maximum atomic E-state index is 13.7.